The highest BCUT2D eigenvalue weighted by Crippen LogP contribution is 2.26. The molecule has 1 aromatic carbocycles. The number of likely N-dealkylation sites (tertiary alicyclic amines) is 1. The van der Waals surface area contributed by atoms with Crippen LogP contribution in [-0.2, 0) is 11.2 Å². The van der Waals surface area contributed by atoms with Crippen molar-refractivity contribution >= 4 is 28.6 Å². The molecule has 29 heavy (non-hydrogen) atoms. The third-order valence-corrected chi connectivity index (χ3v) is 5.26. The fraction of sp³-hybridized carbons (Fsp3) is 0.524. The lowest BCUT2D eigenvalue weighted by atomic mass is 10.0. The SMILES string of the molecule is CC(C)(C)OC(=O)N[C@@H]1CCN(CCc2c(Cl)cnc3ccc(F)cc23)C[C@@H]1O. The number of carbonyl (C=O) groups is 1. The summed E-state index contributed by atoms with van der Waals surface area (Å²) in [6.45, 7) is 7.19. The molecule has 6 nitrogen and oxygen atoms in total. The van der Waals surface area contributed by atoms with Crippen LogP contribution in [0.2, 0.25) is 5.02 Å². The minimum atomic E-state index is -0.696. The quantitative estimate of drug-likeness (QED) is 0.786. The van der Waals surface area contributed by atoms with Crippen LogP contribution in [0, 0.1) is 5.82 Å². The minimum Gasteiger partial charge on any atom is -0.444 e. The van der Waals surface area contributed by atoms with Gasteiger partial charge in [0.2, 0.25) is 0 Å². The summed E-state index contributed by atoms with van der Waals surface area (Å²) in [6, 6.07) is 4.13. The summed E-state index contributed by atoms with van der Waals surface area (Å²) in [6.07, 6.45) is 1.59. The Morgan fingerprint density at radius 1 is 1.45 bits per heavy atom. The standard InChI is InChI=1S/C21H27ClFN3O3/c1-21(2,3)29-20(28)25-18-7-9-26(12-19(18)27)8-6-14-15-10-13(23)4-5-17(15)24-11-16(14)22/h4-5,10-11,18-19,27H,6-9,12H2,1-3H3,(H,25,28)/t18-,19+/m1/s1. The molecule has 1 aromatic heterocycles. The van der Waals surface area contributed by atoms with E-state index in [1.165, 1.54) is 12.1 Å². The summed E-state index contributed by atoms with van der Waals surface area (Å²) in [5, 5.41) is 14.4. The highest BCUT2D eigenvalue weighted by Gasteiger charge is 2.30. The van der Waals surface area contributed by atoms with Crippen molar-refractivity contribution in [1.29, 1.82) is 0 Å². The molecular weight excluding hydrogens is 397 g/mol. The van der Waals surface area contributed by atoms with Gasteiger partial charge in [0.05, 0.1) is 22.7 Å². The first-order valence-corrected chi connectivity index (χ1v) is 10.1. The Bertz CT molecular complexity index is 882. The van der Waals surface area contributed by atoms with Gasteiger partial charge < -0.3 is 20.1 Å². The second kappa shape index (κ2) is 8.81. The number of hydrogen-bond donors (Lipinski definition) is 2. The van der Waals surface area contributed by atoms with Crippen LogP contribution >= 0.6 is 11.6 Å². The first kappa shape index (κ1) is 21.7. The highest BCUT2D eigenvalue weighted by molar-refractivity contribution is 6.32. The van der Waals surface area contributed by atoms with Crippen molar-refractivity contribution in [3.63, 3.8) is 0 Å². The summed E-state index contributed by atoms with van der Waals surface area (Å²) >= 11 is 6.32. The lowest BCUT2D eigenvalue weighted by Gasteiger charge is -2.36. The zero-order chi connectivity index (χ0) is 21.2. The molecule has 2 heterocycles. The van der Waals surface area contributed by atoms with Crippen LogP contribution in [-0.4, -0.2) is 58.5 Å². The van der Waals surface area contributed by atoms with Gasteiger partial charge >= 0.3 is 6.09 Å². The van der Waals surface area contributed by atoms with Gasteiger partial charge in [-0.05, 0) is 57.4 Å². The fourth-order valence-electron chi connectivity index (χ4n) is 3.55. The molecule has 2 aromatic rings. The van der Waals surface area contributed by atoms with Crippen molar-refractivity contribution in [2.75, 3.05) is 19.6 Å². The number of β-amino-alcohol motifs (C(OH)–C–C–N with tert-alkyl or cyclic N) is 1. The molecule has 0 unspecified atom stereocenters. The second-order valence-corrected chi connectivity index (χ2v) is 8.81. The molecule has 0 spiro atoms. The predicted molar refractivity (Wildman–Crippen MR) is 111 cm³/mol. The zero-order valence-electron chi connectivity index (χ0n) is 16.9. The van der Waals surface area contributed by atoms with Crippen molar-refractivity contribution in [2.45, 2.75) is 51.4 Å². The van der Waals surface area contributed by atoms with E-state index in [0.29, 0.717) is 48.4 Å². The number of halogens is 2. The lowest BCUT2D eigenvalue weighted by molar-refractivity contribution is 0.0204. The molecule has 2 atom stereocenters. The number of piperidine rings is 1. The minimum absolute atomic E-state index is 0.327. The number of nitrogens with one attached hydrogen (secondary N) is 1. The molecule has 1 fully saturated rings. The van der Waals surface area contributed by atoms with Gasteiger partial charge in [0, 0.05) is 31.2 Å². The molecule has 1 aliphatic heterocycles. The number of aliphatic hydroxyl groups excluding tert-OH is 1. The number of alkyl carbamates (subject to hydrolysis) is 1. The van der Waals surface area contributed by atoms with E-state index in [1.54, 1.807) is 33.0 Å². The zero-order valence-corrected chi connectivity index (χ0v) is 17.7. The van der Waals surface area contributed by atoms with Crippen LogP contribution in [0.3, 0.4) is 0 Å². The van der Waals surface area contributed by atoms with Crippen LogP contribution in [0.5, 0.6) is 0 Å². The number of aromatic nitrogens is 1. The van der Waals surface area contributed by atoms with Crippen molar-refractivity contribution < 1.29 is 19.0 Å². The Hall–Kier alpha value is -1.96. The topological polar surface area (TPSA) is 74.7 Å². The number of pyridine rings is 1. The van der Waals surface area contributed by atoms with Crippen molar-refractivity contribution in [2.24, 2.45) is 0 Å². The number of carbonyl (C=O) groups excluding carboxylic acids is 1. The first-order valence-electron chi connectivity index (χ1n) is 9.75. The maximum Gasteiger partial charge on any atom is 0.407 e. The van der Waals surface area contributed by atoms with Crippen molar-refractivity contribution in [3.8, 4) is 0 Å². The Morgan fingerprint density at radius 2 is 2.21 bits per heavy atom. The molecule has 1 saturated heterocycles. The number of fused-ring (bicyclic) bond motifs is 1. The summed E-state index contributed by atoms with van der Waals surface area (Å²) in [5.74, 6) is -0.327. The van der Waals surface area contributed by atoms with E-state index in [-0.39, 0.29) is 11.9 Å². The fourth-order valence-corrected chi connectivity index (χ4v) is 3.79. The van der Waals surface area contributed by atoms with Crippen molar-refractivity contribution in [3.05, 3.63) is 40.8 Å². The van der Waals surface area contributed by atoms with Gasteiger partial charge in [-0.25, -0.2) is 9.18 Å². The number of rotatable bonds is 4. The van der Waals surface area contributed by atoms with Gasteiger partial charge in [-0.1, -0.05) is 11.6 Å². The van der Waals surface area contributed by atoms with E-state index in [4.69, 9.17) is 16.3 Å². The monoisotopic (exact) mass is 423 g/mol. The number of amides is 1. The summed E-state index contributed by atoms with van der Waals surface area (Å²) in [4.78, 5) is 18.3. The van der Waals surface area contributed by atoms with Crippen LogP contribution in [0.25, 0.3) is 10.9 Å². The van der Waals surface area contributed by atoms with Gasteiger partial charge in [-0.3, -0.25) is 4.98 Å². The number of nitrogens with zero attached hydrogens (tertiary/aromatic N) is 2. The molecule has 0 aliphatic carbocycles. The number of ether oxygens (including phenoxy) is 1. The molecule has 0 radical (unpaired) electrons. The van der Waals surface area contributed by atoms with Crippen LogP contribution < -0.4 is 5.32 Å². The molecule has 2 N–H and O–H groups in total. The average Bonchev–Trinajstić information content (AvgIpc) is 2.61. The predicted octanol–water partition coefficient (Wildman–Crippen LogP) is 3.53. The van der Waals surface area contributed by atoms with E-state index in [0.717, 1.165) is 5.56 Å². The normalized spacial score (nSPS) is 20.6. The molecule has 1 amide bonds. The Morgan fingerprint density at radius 3 is 2.90 bits per heavy atom. The summed E-state index contributed by atoms with van der Waals surface area (Å²) in [7, 11) is 0. The van der Waals surface area contributed by atoms with Crippen molar-refractivity contribution in [1.82, 2.24) is 15.2 Å². The van der Waals surface area contributed by atoms with Crippen LogP contribution in [0.15, 0.2) is 24.4 Å². The maximum atomic E-state index is 13.7. The third kappa shape index (κ3) is 5.78. The largest absolute Gasteiger partial charge is 0.444 e. The van der Waals surface area contributed by atoms with E-state index < -0.39 is 17.8 Å². The van der Waals surface area contributed by atoms with E-state index in [1.807, 2.05) is 0 Å². The lowest BCUT2D eigenvalue weighted by Crippen LogP contribution is -2.54. The van der Waals surface area contributed by atoms with Crippen LogP contribution in [0.1, 0.15) is 32.8 Å². The van der Waals surface area contributed by atoms with Gasteiger partial charge in [0.25, 0.3) is 0 Å². The average molecular weight is 424 g/mol. The number of aliphatic hydroxyl groups is 1. The smallest absolute Gasteiger partial charge is 0.407 e. The van der Waals surface area contributed by atoms with Gasteiger partial charge in [0.1, 0.15) is 11.4 Å². The van der Waals surface area contributed by atoms with Gasteiger partial charge in [-0.2, -0.15) is 0 Å². The second-order valence-electron chi connectivity index (χ2n) is 8.41. The van der Waals surface area contributed by atoms with E-state index >= 15 is 0 Å². The molecular formula is C21H27ClFN3O3. The van der Waals surface area contributed by atoms with E-state index in [2.05, 4.69) is 15.2 Å². The summed E-state index contributed by atoms with van der Waals surface area (Å²) in [5.41, 5.74) is 0.965. The number of benzene rings is 1. The summed E-state index contributed by atoms with van der Waals surface area (Å²) < 4.78 is 18.9. The van der Waals surface area contributed by atoms with Crippen LogP contribution in [0.4, 0.5) is 9.18 Å². The Kier molecular flexibility index (Phi) is 6.61. The molecule has 3 rings (SSSR count). The Balaban J connectivity index is 1.59. The molecule has 158 valence electrons. The molecule has 8 heteroatoms. The third-order valence-electron chi connectivity index (χ3n) is 4.94. The van der Waals surface area contributed by atoms with Gasteiger partial charge in [0.15, 0.2) is 0 Å². The maximum absolute atomic E-state index is 13.7. The van der Waals surface area contributed by atoms with Gasteiger partial charge in [-0.15, -0.1) is 0 Å². The Labute approximate surface area is 175 Å². The molecule has 1 aliphatic rings. The highest BCUT2D eigenvalue weighted by atomic mass is 35.5. The molecule has 0 bridgehead atoms. The molecule has 0 saturated carbocycles. The van der Waals surface area contributed by atoms with E-state index in [9.17, 15) is 14.3 Å². The number of hydrogen-bond acceptors (Lipinski definition) is 5. The first-order chi connectivity index (χ1) is 13.6.